The minimum Gasteiger partial charge on any atom is -0.465 e. The lowest BCUT2D eigenvalue weighted by Gasteiger charge is -2.34. The Kier molecular flexibility index (Phi) is 9.41. The van der Waals surface area contributed by atoms with E-state index in [1.165, 1.54) is 35.5 Å². The Morgan fingerprint density at radius 2 is 1.66 bits per heavy atom. The number of carbonyl (C=O) groups is 4. The molecule has 1 atom stereocenters. The maximum atomic E-state index is 13.8. The maximum absolute atomic E-state index is 13.8. The summed E-state index contributed by atoms with van der Waals surface area (Å²) >= 11 is 1.27. The number of amides is 3. The van der Waals surface area contributed by atoms with Crippen molar-refractivity contribution in [1.82, 2.24) is 10.6 Å². The summed E-state index contributed by atoms with van der Waals surface area (Å²) in [4.78, 5) is 53.9. The Morgan fingerprint density at radius 1 is 1.00 bits per heavy atom. The van der Waals surface area contributed by atoms with Gasteiger partial charge in [0.25, 0.3) is 5.91 Å². The average Bonchev–Trinajstić information content (AvgIpc) is 3.45. The zero-order valence-electron chi connectivity index (χ0n) is 22.2. The van der Waals surface area contributed by atoms with E-state index in [0.717, 1.165) is 5.56 Å². The van der Waals surface area contributed by atoms with Gasteiger partial charge in [-0.15, -0.1) is 11.3 Å². The maximum Gasteiger partial charge on any atom is 0.337 e. The molecule has 0 bridgehead atoms. The first-order valence-corrected chi connectivity index (χ1v) is 13.1. The quantitative estimate of drug-likeness (QED) is 0.368. The zero-order chi connectivity index (χ0) is 27.9. The lowest BCUT2D eigenvalue weighted by Crippen LogP contribution is -2.52. The van der Waals surface area contributed by atoms with Crippen LogP contribution in [-0.2, 0) is 14.3 Å². The molecule has 0 saturated heterocycles. The number of anilines is 1. The Morgan fingerprint density at radius 3 is 2.21 bits per heavy atom. The fourth-order valence-electron chi connectivity index (χ4n) is 3.71. The lowest BCUT2D eigenvalue weighted by atomic mass is 9.97. The van der Waals surface area contributed by atoms with Crippen molar-refractivity contribution in [2.45, 2.75) is 45.7 Å². The summed E-state index contributed by atoms with van der Waals surface area (Å²) < 4.78 is 4.79. The number of hydrogen-bond acceptors (Lipinski definition) is 6. The van der Waals surface area contributed by atoms with Crippen molar-refractivity contribution >= 4 is 40.7 Å². The molecule has 0 aliphatic heterocycles. The SMILES string of the molecule is CCC(C)(C)NC(=O)C(c1ccc(C)cc1)N(C(=O)CNC(=O)c1cccs1)c1ccc(C(=O)OC)cc1. The molecule has 0 fully saturated rings. The van der Waals surface area contributed by atoms with E-state index in [-0.39, 0.29) is 18.4 Å². The molecule has 0 spiro atoms. The van der Waals surface area contributed by atoms with E-state index < -0.39 is 23.5 Å². The number of rotatable bonds is 10. The molecule has 1 aromatic heterocycles. The van der Waals surface area contributed by atoms with Gasteiger partial charge in [0.2, 0.25) is 11.8 Å². The van der Waals surface area contributed by atoms with Crippen LogP contribution in [0.2, 0.25) is 0 Å². The first-order valence-electron chi connectivity index (χ1n) is 12.3. The van der Waals surface area contributed by atoms with Crippen LogP contribution >= 0.6 is 11.3 Å². The molecular formula is C29H33N3O5S. The Labute approximate surface area is 227 Å². The van der Waals surface area contributed by atoms with E-state index >= 15 is 0 Å². The van der Waals surface area contributed by atoms with E-state index in [0.29, 0.717) is 28.1 Å². The third kappa shape index (κ3) is 7.07. The van der Waals surface area contributed by atoms with Gasteiger partial charge in [-0.2, -0.15) is 0 Å². The van der Waals surface area contributed by atoms with Gasteiger partial charge in [-0.3, -0.25) is 19.3 Å². The van der Waals surface area contributed by atoms with Crippen LogP contribution in [0.3, 0.4) is 0 Å². The highest BCUT2D eigenvalue weighted by molar-refractivity contribution is 7.12. The highest BCUT2D eigenvalue weighted by Gasteiger charge is 2.35. The van der Waals surface area contributed by atoms with Crippen LogP contribution in [0.15, 0.2) is 66.0 Å². The number of benzene rings is 2. The molecule has 0 radical (unpaired) electrons. The second kappa shape index (κ2) is 12.5. The highest BCUT2D eigenvalue weighted by atomic mass is 32.1. The summed E-state index contributed by atoms with van der Waals surface area (Å²) in [6.07, 6.45) is 0.679. The van der Waals surface area contributed by atoms with Crippen molar-refractivity contribution in [1.29, 1.82) is 0 Å². The van der Waals surface area contributed by atoms with Crippen LogP contribution in [0, 0.1) is 6.92 Å². The molecular weight excluding hydrogens is 502 g/mol. The van der Waals surface area contributed by atoms with Crippen molar-refractivity contribution < 1.29 is 23.9 Å². The van der Waals surface area contributed by atoms with Gasteiger partial charge in [-0.1, -0.05) is 42.8 Å². The fraction of sp³-hybridized carbons (Fsp3) is 0.310. The largest absolute Gasteiger partial charge is 0.465 e. The zero-order valence-corrected chi connectivity index (χ0v) is 23.1. The van der Waals surface area contributed by atoms with Gasteiger partial charge in [-0.05, 0) is 68.5 Å². The number of thiophene rings is 1. The van der Waals surface area contributed by atoms with Crippen LogP contribution in [0.25, 0.3) is 0 Å². The summed E-state index contributed by atoms with van der Waals surface area (Å²) in [5.41, 5.74) is 1.79. The first kappa shape index (κ1) is 28.6. The molecule has 1 heterocycles. The lowest BCUT2D eigenvalue weighted by molar-refractivity contribution is -0.127. The smallest absolute Gasteiger partial charge is 0.337 e. The molecule has 38 heavy (non-hydrogen) atoms. The van der Waals surface area contributed by atoms with Crippen molar-refractivity contribution in [3.05, 3.63) is 87.6 Å². The molecule has 3 aromatic rings. The molecule has 2 N–H and O–H groups in total. The van der Waals surface area contributed by atoms with E-state index in [4.69, 9.17) is 4.74 Å². The van der Waals surface area contributed by atoms with Gasteiger partial charge >= 0.3 is 5.97 Å². The predicted octanol–water partition coefficient (Wildman–Crippen LogP) is 4.65. The van der Waals surface area contributed by atoms with E-state index in [1.54, 1.807) is 29.6 Å². The Bertz CT molecular complexity index is 1270. The molecule has 2 aromatic carbocycles. The number of aryl methyl sites for hydroxylation is 1. The van der Waals surface area contributed by atoms with Gasteiger partial charge in [-0.25, -0.2) is 4.79 Å². The predicted molar refractivity (Wildman–Crippen MR) is 148 cm³/mol. The van der Waals surface area contributed by atoms with Crippen LogP contribution in [0.1, 0.15) is 64.4 Å². The molecule has 0 aliphatic carbocycles. The van der Waals surface area contributed by atoms with Crippen molar-refractivity contribution in [2.75, 3.05) is 18.6 Å². The number of nitrogens with zero attached hydrogens (tertiary/aromatic N) is 1. The Hall–Kier alpha value is -3.98. The summed E-state index contributed by atoms with van der Waals surface area (Å²) in [5, 5.41) is 7.50. The third-order valence-electron chi connectivity index (χ3n) is 6.23. The highest BCUT2D eigenvalue weighted by Crippen LogP contribution is 2.30. The molecule has 8 nitrogen and oxygen atoms in total. The van der Waals surface area contributed by atoms with E-state index in [2.05, 4.69) is 10.6 Å². The molecule has 0 saturated carbocycles. The summed E-state index contributed by atoms with van der Waals surface area (Å²) in [7, 11) is 1.29. The first-order chi connectivity index (χ1) is 18.1. The van der Waals surface area contributed by atoms with Crippen molar-refractivity contribution in [2.24, 2.45) is 0 Å². The van der Waals surface area contributed by atoms with E-state index in [1.807, 2.05) is 52.0 Å². The van der Waals surface area contributed by atoms with E-state index in [9.17, 15) is 19.2 Å². The topological polar surface area (TPSA) is 105 Å². The number of nitrogens with one attached hydrogen (secondary N) is 2. The second-order valence-electron chi connectivity index (χ2n) is 9.50. The van der Waals surface area contributed by atoms with Crippen molar-refractivity contribution in [3.8, 4) is 0 Å². The molecule has 9 heteroatoms. The molecule has 0 aliphatic rings. The van der Waals surface area contributed by atoms with Crippen LogP contribution < -0.4 is 15.5 Å². The van der Waals surface area contributed by atoms with Gasteiger partial charge in [0, 0.05) is 11.2 Å². The normalized spacial score (nSPS) is 11.8. The summed E-state index contributed by atoms with van der Waals surface area (Å²) in [5.74, 6) is -1.75. The van der Waals surface area contributed by atoms with Gasteiger partial charge in [0.15, 0.2) is 0 Å². The number of esters is 1. The number of carbonyl (C=O) groups excluding carboxylic acids is 4. The number of hydrogen-bond donors (Lipinski definition) is 2. The molecule has 200 valence electrons. The molecule has 1 unspecified atom stereocenters. The third-order valence-corrected chi connectivity index (χ3v) is 7.09. The minimum atomic E-state index is -1.03. The van der Waals surface area contributed by atoms with Gasteiger partial charge < -0.3 is 15.4 Å². The van der Waals surface area contributed by atoms with Crippen molar-refractivity contribution in [3.63, 3.8) is 0 Å². The number of methoxy groups -OCH3 is 1. The fourth-order valence-corrected chi connectivity index (χ4v) is 4.35. The Balaban J connectivity index is 2.05. The monoisotopic (exact) mass is 535 g/mol. The van der Waals surface area contributed by atoms with Gasteiger partial charge in [0.05, 0.1) is 24.1 Å². The van der Waals surface area contributed by atoms with Crippen LogP contribution in [0.4, 0.5) is 5.69 Å². The standard InChI is InChI=1S/C29H33N3O5S/c1-6-29(3,4)31-27(35)25(20-11-9-19(2)10-12-20)32(22-15-13-21(14-16-22)28(36)37-5)24(33)18-30-26(34)23-8-7-17-38-23/h7-17,25H,6,18H2,1-5H3,(H,30,34)(H,31,35). The minimum absolute atomic E-state index is 0.304. The van der Waals surface area contributed by atoms with Crippen LogP contribution in [0.5, 0.6) is 0 Å². The van der Waals surface area contributed by atoms with Gasteiger partial charge in [0.1, 0.15) is 6.04 Å². The van der Waals surface area contributed by atoms with Crippen LogP contribution in [-0.4, -0.2) is 42.9 Å². The molecule has 3 amide bonds. The summed E-state index contributed by atoms with van der Waals surface area (Å²) in [6, 6.07) is 16.0. The second-order valence-corrected chi connectivity index (χ2v) is 10.4. The average molecular weight is 536 g/mol. The number of ether oxygens (including phenoxy) is 1. The summed E-state index contributed by atoms with van der Waals surface area (Å²) in [6.45, 7) is 7.40. The molecule has 3 rings (SSSR count).